The van der Waals surface area contributed by atoms with Crippen molar-refractivity contribution < 1.29 is 5.11 Å². The lowest BCUT2D eigenvalue weighted by molar-refractivity contribution is -0.00552. The maximum Gasteiger partial charge on any atom is 0.0746 e. The summed E-state index contributed by atoms with van der Waals surface area (Å²) in [5.41, 5.74) is -0.536. The van der Waals surface area contributed by atoms with Gasteiger partial charge in [0, 0.05) is 12.6 Å². The van der Waals surface area contributed by atoms with E-state index in [0.717, 1.165) is 19.5 Å². The van der Waals surface area contributed by atoms with Crippen LogP contribution in [0.2, 0.25) is 0 Å². The van der Waals surface area contributed by atoms with Crippen LogP contribution in [0.5, 0.6) is 0 Å². The zero-order chi connectivity index (χ0) is 10.1. The van der Waals surface area contributed by atoms with Gasteiger partial charge in [0.15, 0.2) is 0 Å². The maximum absolute atomic E-state index is 9.96. The SMILES string of the molecule is CC(C)CN1CCC[C@@H]1C(C)(C)O. The molecule has 0 radical (unpaired) electrons. The van der Waals surface area contributed by atoms with Crippen LogP contribution >= 0.6 is 0 Å². The van der Waals surface area contributed by atoms with Crippen molar-refractivity contribution in [1.29, 1.82) is 0 Å². The average molecular weight is 185 g/mol. The van der Waals surface area contributed by atoms with E-state index in [4.69, 9.17) is 0 Å². The molecule has 1 rings (SSSR count). The number of likely N-dealkylation sites (tertiary alicyclic amines) is 1. The average Bonchev–Trinajstić information content (AvgIpc) is 2.31. The summed E-state index contributed by atoms with van der Waals surface area (Å²) in [6.45, 7) is 10.6. The molecule has 0 aliphatic carbocycles. The van der Waals surface area contributed by atoms with E-state index in [9.17, 15) is 5.11 Å². The lowest BCUT2D eigenvalue weighted by Gasteiger charge is -2.34. The van der Waals surface area contributed by atoms with Gasteiger partial charge >= 0.3 is 0 Å². The van der Waals surface area contributed by atoms with Crippen LogP contribution in [0, 0.1) is 5.92 Å². The van der Waals surface area contributed by atoms with Crippen molar-refractivity contribution in [3.8, 4) is 0 Å². The Kier molecular flexibility index (Phi) is 3.36. The Morgan fingerprint density at radius 1 is 1.46 bits per heavy atom. The summed E-state index contributed by atoms with van der Waals surface area (Å²) in [5, 5.41) is 9.96. The maximum atomic E-state index is 9.96. The highest BCUT2D eigenvalue weighted by molar-refractivity contribution is 4.90. The van der Waals surface area contributed by atoms with Crippen LogP contribution < -0.4 is 0 Å². The fourth-order valence-electron chi connectivity index (χ4n) is 2.31. The molecule has 0 amide bonds. The van der Waals surface area contributed by atoms with Gasteiger partial charge in [0.1, 0.15) is 0 Å². The molecule has 13 heavy (non-hydrogen) atoms. The van der Waals surface area contributed by atoms with Crippen LogP contribution in [0.25, 0.3) is 0 Å². The number of aliphatic hydroxyl groups is 1. The Hall–Kier alpha value is -0.0800. The minimum absolute atomic E-state index is 0.370. The lowest BCUT2D eigenvalue weighted by Crippen LogP contribution is -2.46. The summed E-state index contributed by atoms with van der Waals surface area (Å²) < 4.78 is 0. The van der Waals surface area contributed by atoms with Crippen molar-refractivity contribution in [1.82, 2.24) is 4.90 Å². The predicted octanol–water partition coefficient (Wildman–Crippen LogP) is 1.88. The molecule has 0 aromatic heterocycles. The number of hydrogen-bond donors (Lipinski definition) is 1. The van der Waals surface area contributed by atoms with Crippen LogP contribution in [0.1, 0.15) is 40.5 Å². The van der Waals surface area contributed by atoms with E-state index in [-0.39, 0.29) is 0 Å². The first-order chi connectivity index (χ1) is 5.91. The van der Waals surface area contributed by atoms with Gasteiger partial charge in [-0.15, -0.1) is 0 Å². The molecule has 0 aromatic carbocycles. The van der Waals surface area contributed by atoms with Gasteiger partial charge in [-0.05, 0) is 39.2 Å². The molecule has 2 heteroatoms. The Morgan fingerprint density at radius 3 is 2.54 bits per heavy atom. The van der Waals surface area contributed by atoms with E-state index >= 15 is 0 Å². The minimum atomic E-state index is -0.536. The van der Waals surface area contributed by atoms with Gasteiger partial charge in [0.2, 0.25) is 0 Å². The summed E-state index contributed by atoms with van der Waals surface area (Å²) in [4.78, 5) is 2.44. The lowest BCUT2D eigenvalue weighted by atomic mass is 9.96. The van der Waals surface area contributed by atoms with E-state index < -0.39 is 5.60 Å². The molecule has 1 N–H and O–H groups in total. The van der Waals surface area contributed by atoms with Crippen LogP contribution in [0.15, 0.2) is 0 Å². The summed E-state index contributed by atoms with van der Waals surface area (Å²) in [6, 6.07) is 0.370. The van der Waals surface area contributed by atoms with Crippen LogP contribution in [0.4, 0.5) is 0 Å². The summed E-state index contributed by atoms with van der Waals surface area (Å²) in [6.07, 6.45) is 2.39. The molecule has 0 bridgehead atoms. The summed E-state index contributed by atoms with van der Waals surface area (Å²) in [7, 11) is 0. The third kappa shape index (κ3) is 2.96. The van der Waals surface area contributed by atoms with Crippen molar-refractivity contribution >= 4 is 0 Å². The smallest absolute Gasteiger partial charge is 0.0746 e. The highest BCUT2D eigenvalue weighted by Gasteiger charge is 2.35. The zero-order valence-electron chi connectivity index (χ0n) is 9.38. The molecule has 1 aliphatic heterocycles. The second kappa shape index (κ2) is 3.97. The quantitative estimate of drug-likeness (QED) is 0.725. The summed E-state index contributed by atoms with van der Waals surface area (Å²) in [5.74, 6) is 0.697. The van der Waals surface area contributed by atoms with Gasteiger partial charge in [-0.3, -0.25) is 4.90 Å². The second-order valence-corrected chi connectivity index (χ2v) is 5.20. The Bertz CT molecular complexity index is 160. The largest absolute Gasteiger partial charge is 0.389 e. The van der Waals surface area contributed by atoms with Gasteiger partial charge in [-0.2, -0.15) is 0 Å². The Morgan fingerprint density at radius 2 is 2.08 bits per heavy atom. The van der Waals surface area contributed by atoms with Gasteiger partial charge in [-0.25, -0.2) is 0 Å². The first kappa shape index (κ1) is 11.0. The van der Waals surface area contributed by atoms with E-state index in [1.54, 1.807) is 0 Å². The number of rotatable bonds is 3. The molecule has 1 atom stereocenters. The molecular formula is C11H23NO. The van der Waals surface area contributed by atoms with E-state index in [1.165, 1.54) is 6.42 Å². The first-order valence-electron chi connectivity index (χ1n) is 5.37. The standard InChI is InChI=1S/C11H23NO/c1-9(2)8-12-7-5-6-10(12)11(3,4)13/h9-10,13H,5-8H2,1-4H3/t10-/m1/s1. The topological polar surface area (TPSA) is 23.5 Å². The van der Waals surface area contributed by atoms with Crippen molar-refractivity contribution in [3.63, 3.8) is 0 Å². The molecule has 0 aromatic rings. The minimum Gasteiger partial charge on any atom is -0.389 e. The normalized spacial score (nSPS) is 25.8. The summed E-state index contributed by atoms with van der Waals surface area (Å²) >= 11 is 0. The van der Waals surface area contributed by atoms with E-state index in [0.29, 0.717) is 12.0 Å². The van der Waals surface area contributed by atoms with Crippen molar-refractivity contribution in [3.05, 3.63) is 0 Å². The number of nitrogens with zero attached hydrogens (tertiary/aromatic N) is 1. The monoisotopic (exact) mass is 185 g/mol. The second-order valence-electron chi connectivity index (χ2n) is 5.20. The van der Waals surface area contributed by atoms with Crippen molar-refractivity contribution in [2.75, 3.05) is 13.1 Å². The van der Waals surface area contributed by atoms with Crippen LogP contribution in [-0.4, -0.2) is 34.7 Å². The fourth-order valence-corrected chi connectivity index (χ4v) is 2.31. The van der Waals surface area contributed by atoms with Crippen molar-refractivity contribution in [2.45, 2.75) is 52.2 Å². The molecular weight excluding hydrogens is 162 g/mol. The fraction of sp³-hybridized carbons (Fsp3) is 1.00. The van der Waals surface area contributed by atoms with Crippen LogP contribution in [0.3, 0.4) is 0 Å². The third-order valence-electron chi connectivity index (χ3n) is 2.78. The first-order valence-corrected chi connectivity index (χ1v) is 5.37. The molecule has 0 spiro atoms. The van der Waals surface area contributed by atoms with Gasteiger partial charge in [-0.1, -0.05) is 13.8 Å². The highest BCUT2D eigenvalue weighted by Crippen LogP contribution is 2.27. The highest BCUT2D eigenvalue weighted by atomic mass is 16.3. The Balaban J connectivity index is 2.54. The molecule has 1 heterocycles. The van der Waals surface area contributed by atoms with Gasteiger partial charge in [0.05, 0.1) is 5.60 Å². The molecule has 2 nitrogen and oxygen atoms in total. The van der Waals surface area contributed by atoms with Crippen molar-refractivity contribution in [2.24, 2.45) is 5.92 Å². The molecule has 78 valence electrons. The third-order valence-corrected chi connectivity index (χ3v) is 2.78. The molecule has 0 saturated carbocycles. The molecule has 1 aliphatic rings. The molecule has 1 saturated heterocycles. The van der Waals surface area contributed by atoms with E-state index in [1.807, 2.05) is 13.8 Å². The zero-order valence-corrected chi connectivity index (χ0v) is 9.38. The van der Waals surface area contributed by atoms with E-state index in [2.05, 4.69) is 18.7 Å². The van der Waals surface area contributed by atoms with Gasteiger partial charge in [0.25, 0.3) is 0 Å². The van der Waals surface area contributed by atoms with Gasteiger partial charge < -0.3 is 5.11 Å². The predicted molar refractivity (Wildman–Crippen MR) is 55.7 cm³/mol. The molecule has 1 fully saturated rings. The number of hydrogen-bond acceptors (Lipinski definition) is 2. The van der Waals surface area contributed by atoms with Crippen LogP contribution in [-0.2, 0) is 0 Å². The Labute approximate surface area is 81.9 Å². The molecule has 0 unspecified atom stereocenters.